The number of hydrogen-bond donors (Lipinski definition) is 1. The van der Waals surface area contributed by atoms with Gasteiger partial charge in [0.25, 0.3) is 5.91 Å². The van der Waals surface area contributed by atoms with E-state index in [1.165, 1.54) is 6.26 Å². The van der Waals surface area contributed by atoms with Crippen LogP contribution in [0.3, 0.4) is 0 Å². The quantitative estimate of drug-likeness (QED) is 0.596. The van der Waals surface area contributed by atoms with Crippen LogP contribution in [0.5, 0.6) is 11.5 Å². The third-order valence-corrected chi connectivity index (χ3v) is 5.49. The Labute approximate surface area is 188 Å². The van der Waals surface area contributed by atoms with E-state index in [4.69, 9.17) is 18.6 Å². The van der Waals surface area contributed by atoms with E-state index in [1.54, 1.807) is 0 Å². The highest BCUT2D eigenvalue weighted by atomic mass is 16.7. The Kier molecular flexibility index (Phi) is 7.62. The molecule has 174 valence electrons. The van der Waals surface area contributed by atoms with Gasteiger partial charge in [0.05, 0.1) is 19.8 Å². The fourth-order valence-corrected chi connectivity index (χ4v) is 3.69. The summed E-state index contributed by atoms with van der Waals surface area (Å²) in [6, 6.07) is 6.01. The fraction of sp³-hybridized carbons (Fsp3) is 0.565. The third-order valence-electron chi connectivity index (χ3n) is 5.49. The van der Waals surface area contributed by atoms with E-state index in [0.29, 0.717) is 37.1 Å². The summed E-state index contributed by atoms with van der Waals surface area (Å²) in [6.45, 7) is 11.4. The molecule has 3 heterocycles. The van der Waals surface area contributed by atoms with Crippen molar-refractivity contribution < 1.29 is 23.4 Å². The van der Waals surface area contributed by atoms with Crippen molar-refractivity contribution in [2.45, 2.75) is 26.9 Å². The number of fused-ring (bicyclic) bond motifs is 1. The Hall–Kier alpha value is -2.62. The summed E-state index contributed by atoms with van der Waals surface area (Å²) in [4.78, 5) is 21.4. The van der Waals surface area contributed by atoms with Crippen molar-refractivity contribution in [1.82, 2.24) is 20.1 Å². The summed E-state index contributed by atoms with van der Waals surface area (Å²) in [5.74, 6) is 2.25. The van der Waals surface area contributed by atoms with Crippen molar-refractivity contribution in [3.63, 3.8) is 0 Å². The molecule has 32 heavy (non-hydrogen) atoms. The van der Waals surface area contributed by atoms with Gasteiger partial charge >= 0.3 is 0 Å². The standard InChI is InChI=1S/C23H32N4O5/c1-17(2)12-24-23(28)19-15-30-22(25-19)14-27(6-5-26-7-9-29-10-8-26)13-18-3-4-20-21(11-18)32-16-31-20/h3-4,11,15,17H,5-10,12-14,16H2,1-2H3,(H,24,28). The van der Waals surface area contributed by atoms with Crippen molar-refractivity contribution in [2.24, 2.45) is 5.92 Å². The SMILES string of the molecule is CC(C)CNC(=O)c1coc(CN(CCN2CCOCC2)Cc2ccc3c(c2)OCO3)n1. The second-order valence-corrected chi connectivity index (χ2v) is 8.58. The summed E-state index contributed by atoms with van der Waals surface area (Å²) in [5.41, 5.74) is 1.44. The molecule has 0 bridgehead atoms. The molecule has 1 aromatic carbocycles. The van der Waals surface area contributed by atoms with E-state index in [-0.39, 0.29) is 12.7 Å². The lowest BCUT2D eigenvalue weighted by Crippen LogP contribution is -2.41. The zero-order valence-electron chi connectivity index (χ0n) is 18.8. The van der Waals surface area contributed by atoms with Gasteiger partial charge in [-0.1, -0.05) is 19.9 Å². The van der Waals surface area contributed by atoms with Gasteiger partial charge in [-0.3, -0.25) is 14.6 Å². The van der Waals surface area contributed by atoms with E-state index >= 15 is 0 Å². The monoisotopic (exact) mass is 444 g/mol. The summed E-state index contributed by atoms with van der Waals surface area (Å²) >= 11 is 0. The van der Waals surface area contributed by atoms with Gasteiger partial charge in [0.15, 0.2) is 17.2 Å². The molecule has 0 aliphatic carbocycles. The zero-order chi connectivity index (χ0) is 22.3. The van der Waals surface area contributed by atoms with Gasteiger partial charge in [0.2, 0.25) is 12.7 Å². The van der Waals surface area contributed by atoms with Crippen LogP contribution < -0.4 is 14.8 Å². The van der Waals surface area contributed by atoms with Crippen LogP contribution in [0.15, 0.2) is 28.9 Å². The highest BCUT2D eigenvalue weighted by Gasteiger charge is 2.19. The summed E-state index contributed by atoms with van der Waals surface area (Å²) in [7, 11) is 0. The molecule has 2 aliphatic rings. The number of hydrogen-bond acceptors (Lipinski definition) is 8. The normalized spacial score (nSPS) is 16.1. The van der Waals surface area contributed by atoms with Gasteiger partial charge < -0.3 is 23.9 Å². The minimum absolute atomic E-state index is 0.204. The minimum Gasteiger partial charge on any atom is -0.454 e. The van der Waals surface area contributed by atoms with Crippen LogP contribution in [0.2, 0.25) is 0 Å². The molecule has 0 unspecified atom stereocenters. The number of amides is 1. The molecular weight excluding hydrogens is 412 g/mol. The molecule has 1 N–H and O–H groups in total. The molecule has 1 amide bonds. The maximum atomic E-state index is 12.3. The van der Waals surface area contributed by atoms with Crippen molar-refractivity contribution in [1.29, 1.82) is 0 Å². The number of nitrogens with zero attached hydrogens (tertiary/aromatic N) is 3. The summed E-state index contributed by atoms with van der Waals surface area (Å²) in [6.07, 6.45) is 1.44. The van der Waals surface area contributed by atoms with Crippen LogP contribution in [0.4, 0.5) is 0 Å². The molecular formula is C23H32N4O5. The summed E-state index contributed by atoms with van der Waals surface area (Å²) < 4.78 is 22.0. The predicted molar refractivity (Wildman–Crippen MR) is 118 cm³/mol. The topological polar surface area (TPSA) is 89.3 Å². The first-order valence-electron chi connectivity index (χ1n) is 11.2. The third kappa shape index (κ3) is 6.21. The van der Waals surface area contributed by atoms with E-state index in [2.05, 4.69) is 40.0 Å². The first-order valence-corrected chi connectivity index (χ1v) is 11.2. The predicted octanol–water partition coefficient (Wildman–Crippen LogP) is 2.12. The van der Waals surface area contributed by atoms with E-state index in [1.807, 2.05) is 12.1 Å². The second kappa shape index (κ2) is 10.8. The van der Waals surface area contributed by atoms with Crippen LogP contribution in [0.1, 0.15) is 35.8 Å². The van der Waals surface area contributed by atoms with Crippen LogP contribution in [0.25, 0.3) is 0 Å². The molecule has 1 fully saturated rings. The van der Waals surface area contributed by atoms with Gasteiger partial charge in [0.1, 0.15) is 6.26 Å². The van der Waals surface area contributed by atoms with Gasteiger partial charge in [-0.2, -0.15) is 0 Å². The minimum atomic E-state index is -0.204. The fourth-order valence-electron chi connectivity index (χ4n) is 3.69. The molecule has 9 heteroatoms. The number of carbonyl (C=O) groups excluding carboxylic acids is 1. The molecule has 9 nitrogen and oxygen atoms in total. The summed E-state index contributed by atoms with van der Waals surface area (Å²) in [5, 5.41) is 2.88. The Balaban J connectivity index is 1.40. The Morgan fingerprint density at radius 2 is 2.00 bits per heavy atom. The van der Waals surface area contributed by atoms with Crippen molar-refractivity contribution in [2.75, 3.05) is 52.7 Å². The number of carbonyl (C=O) groups is 1. The number of rotatable bonds is 10. The van der Waals surface area contributed by atoms with Crippen molar-refractivity contribution in [3.05, 3.63) is 41.6 Å². The lowest BCUT2D eigenvalue weighted by molar-refractivity contribution is 0.0320. The first-order chi connectivity index (χ1) is 15.6. The molecule has 0 atom stereocenters. The maximum Gasteiger partial charge on any atom is 0.273 e. The Morgan fingerprint density at radius 3 is 2.81 bits per heavy atom. The molecule has 0 saturated carbocycles. The maximum absolute atomic E-state index is 12.3. The highest BCUT2D eigenvalue weighted by Crippen LogP contribution is 2.32. The van der Waals surface area contributed by atoms with Gasteiger partial charge in [-0.25, -0.2) is 4.98 Å². The van der Waals surface area contributed by atoms with Gasteiger partial charge in [0, 0.05) is 39.3 Å². The van der Waals surface area contributed by atoms with Crippen molar-refractivity contribution >= 4 is 5.91 Å². The van der Waals surface area contributed by atoms with Crippen LogP contribution in [0, 0.1) is 5.92 Å². The average Bonchev–Trinajstić information content (AvgIpc) is 3.46. The molecule has 1 aromatic heterocycles. The molecule has 2 aliphatic heterocycles. The molecule has 4 rings (SSSR count). The van der Waals surface area contributed by atoms with E-state index in [0.717, 1.165) is 56.5 Å². The zero-order valence-corrected chi connectivity index (χ0v) is 18.8. The molecule has 0 spiro atoms. The number of morpholine rings is 1. The number of ether oxygens (including phenoxy) is 3. The van der Waals surface area contributed by atoms with Crippen molar-refractivity contribution in [3.8, 4) is 11.5 Å². The van der Waals surface area contributed by atoms with E-state index < -0.39 is 0 Å². The van der Waals surface area contributed by atoms with Crippen LogP contribution in [-0.2, 0) is 17.8 Å². The molecule has 1 saturated heterocycles. The average molecular weight is 445 g/mol. The number of aromatic nitrogens is 1. The largest absolute Gasteiger partial charge is 0.454 e. The lowest BCUT2D eigenvalue weighted by Gasteiger charge is -2.29. The first kappa shape index (κ1) is 22.6. The number of nitrogens with one attached hydrogen (secondary N) is 1. The van der Waals surface area contributed by atoms with Crippen LogP contribution in [-0.4, -0.2) is 73.4 Å². The smallest absolute Gasteiger partial charge is 0.273 e. The second-order valence-electron chi connectivity index (χ2n) is 8.58. The Morgan fingerprint density at radius 1 is 1.19 bits per heavy atom. The van der Waals surface area contributed by atoms with Gasteiger partial charge in [-0.05, 0) is 23.6 Å². The number of oxazole rings is 1. The van der Waals surface area contributed by atoms with Gasteiger partial charge in [-0.15, -0.1) is 0 Å². The number of benzene rings is 1. The molecule has 2 aromatic rings. The van der Waals surface area contributed by atoms with E-state index in [9.17, 15) is 4.79 Å². The lowest BCUT2D eigenvalue weighted by atomic mass is 10.2. The highest BCUT2D eigenvalue weighted by molar-refractivity contribution is 5.91. The molecule has 0 radical (unpaired) electrons. The van der Waals surface area contributed by atoms with Crippen LogP contribution >= 0.6 is 0 Å². The Bertz CT molecular complexity index is 894.